The number of fused-ring (bicyclic) bond motifs is 5. The summed E-state index contributed by atoms with van der Waals surface area (Å²) >= 11 is 1.79. The molecule has 5 nitrogen and oxygen atoms in total. The van der Waals surface area contributed by atoms with Crippen LogP contribution in [0.4, 0.5) is 4.39 Å². The zero-order valence-corrected chi connectivity index (χ0v) is 15.3. The van der Waals surface area contributed by atoms with Gasteiger partial charge in [-0.15, -0.1) is 16.4 Å². The van der Waals surface area contributed by atoms with Crippen molar-refractivity contribution in [2.24, 2.45) is 0 Å². The van der Waals surface area contributed by atoms with E-state index in [9.17, 15) is 4.39 Å². The van der Waals surface area contributed by atoms with Crippen molar-refractivity contribution in [3.8, 4) is 11.4 Å². The normalized spacial score (nSPS) is 17.1. The van der Waals surface area contributed by atoms with Gasteiger partial charge in [-0.3, -0.25) is 0 Å². The zero-order chi connectivity index (χ0) is 17.7. The fourth-order valence-electron chi connectivity index (χ4n) is 3.81. The first-order valence-electron chi connectivity index (χ1n) is 8.98. The summed E-state index contributed by atoms with van der Waals surface area (Å²) in [5, 5.41) is 5.70. The number of hydrogen-bond acceptors (Lipinski definition) is 4. The Labute approximate surface area is 154 Å². The molecule has 0 saturated heterocycles. The average Bonchev–Trinajstić information content (AvgIpc) is 3.22. The molecular weight excluding hydrogens is 349 g/mol. The Kier molecular flexibility index (Phi) is 3.72. The second-order valence-corrected chi connectivity index (χ2v) is 7.90. The molecule has 3 aromatic heterocycles. The molecule has 0 radical (unpaired) electrons. The number of rotatable bonds is 3. The Bertz CT molecular complexity index is 1100. The predicted molar refractivity (Wildman–Crippen MR) is 100.0 cm³/mol. The summed E-state index contributed by atoms with van der Waals surface area (Å²) in [4.78, 5) is 13.5. The second-order valence-electron chi connectivity index (χ2n) is 6.82. The third-order valence-electron chi connectivity index (χ3n) is 5.06. The van der Waals surface area contributed by atoms with Crippen LogP contribution in [0.2, 0.25) is 0 Å². The molecule has 132 valence electrons. The fraction of sp³-hybridized carbons (Fsp3) is 0.316. The molecule has 1 N–H and O–H groups in total. The van der Waals surface area contributed by atoms with Gasteiger partial charge in [-0.1, -0.05) is 6.92 Å². The van der Waals surface area contributed by atoms with E-state index in [-0.39, 0.29) is 5.82 Å². The minimum absolute atomic E-state index is 0.257. The van der Waals surface area contributed by atoms with Gasteiger partial charge in [0.05, 0.1) is 23.4 Å². The van der Waals surface area contributed by atoms with E-state index >= 15 is 0 Å². The summed E-state index contributed by atoms with van der Waals surface area (Å²) in [6.07, 6.45) is 4.00. The van der Waals surface area contributed by atoms with Gasteiger partial charge in [-0.05, 0) is 36.2 Å². The van der Waals surface area contributed by atoms with Gasteiger partial charge in [0, 0.05) is 12.0 Å². The molecule has 1 aliphatic heterocycles. The Morgan fingerprint density at radius 1 is 1.27 bits per heavy atom. The third-order valence-corrected chi connectivity index (χ3v) is 6.20. The molecule has 0 saturated carbocycles. The zero-order valence-electron chi connectivity index (χ0n) is 14.5. The van der Waals surface area contributed by atoms with Crippen LogP contribution in [0, 0.1) is 5.82 Å². The molecule has 0 spiro atoms. The number of halogens is 1. The molecular formula is C19H19FN5S+. The number of hydrogen-bond donors (Lipinski definition) is 1. The summed E-state index contributed by atoms with van der Waals surface area (Å²) in [6, 6.07) is 6.30. The van der Waals surface area contributed by atoms with Gasteiger partial charge in [0.25, 0.3) is 0 Å². The first-order valence-corrected chi connectivity index (χ1v) is 9.79. The van der Waals surface area contributed by atoms with Crippen LogP contribution in [0.15, 0.2) is 30.6 Å². The van der Waals surface area contributed by atoms with Crippen molar-refractivity contribution in [3.05, 3.63) is 46.9 Å². The van der Waals surface area contributed by atoms with Gasteiger partial charge in [-0.2, -0.15) is 0 Å². The molecule has 4 aromatic rings. The summed E-state index contributed by atoms with van der Waals surface area (Å²) in [7, 11) is 0. The van der Waals surface area contributed by atoms with Crippen molar-refractivity contribution in [1.29, 1.82) is 0 Å². The van der Waals surface area contributed by atoms with Crippen LogP contribution in [0.25, 0.3) is 27.3 Å². The van der Waals surface area contributed by atoms with Gasteiger partial charge in [0.2, 0.25) is 0 Å². The second kappa shape index (κ2) is 6.10. The van der Waals surface area contributed by atoms with Crippen molar-refractivity contribution in [2.45, 2.75) is 26.3 Å². The van der Waals surface area contributed by atoms with E-state index in [0.29, 0.717) is 5.82 Å². The molecule has 1 aliphatic rings. The van der Waals surface area contributed by atoms with Crippen molar-refractivity contribution in [1.82, 2.24) is 19.6 Å². The van der Waals surface area contributed by atoms with Gasteiger partial charge < -0.3 is 4.90 Å². The van der Waals surface area contributed by atoms with Crippen molar-refractivity contribution < 1.29 is 9.29 Å². The molecule has 0 amide bonds. The summed E-state index contributed by atoms with van der Waals surface area (Å²) < 4.78 is 14.9. The first kappa shape index (κ1) is 15.8. The maximum absolute atomic E-state index is 13.2. The molecule has 1 unspecified atom stereocenters. The van der Waals surface area contributed by atoms with Crippen LogP contribution in [-0.4, -0.2) is 32.7 Å². The highest BCUT2D eigenvalue weighted by Gasteiger charge is 2.26. The van der Waals surface area contributed by atoms with E-state index in [1.165, 1.54) is 35.5 Å². The molecule has 1 atom stereocenters. The summed E-state index contributed by atoms with van der Waals surface area (Å²) in [6.45, 7) is 5.70. The van der Waals surface area contributed by atoms with E-state index in [1.54, 1.807) is 39.2 Å². The van der Waals surface area contributed by atoms with Crippen molar-refractivity contribution in [2.75, 3.05) is 13.1 Å². The molecule has 4 heterocycles. The number of nitrogens with one attached hydrogen (secondary N) is 1. The van der Waals surface area contributed by atoms with Crippen LogP contribution in [-0.2, 0) is 13.0 Å². The Balaban J connectivity index is 1.64. The van der Waals surface area contributed by atoms with E-state index in [2.05, 4.69) is 17.0 Å². The predicted octanol–water partition coefficient (Wildman–Crippen LogP) is 2.50. The van der Waals surface area contributed by atoms with E-state index in [0.717, 1.165) is 40.9 Å². The highest BCUT2D eigenvalue weighted by molar-refractivity contribution is 7.19. The first-order chi connectivity index (χ1) is 12.7. The highest BCUT2D eigenvalue weighted by Crippen LogP contribution is 2.34. The van der Waals surface area contributed by atoms with Gasteiger partial charge >= 0.3 is 0 Å². The van der Waals surface area contributed by atoms with Gasteiger partial charge in [-0.25, -0.2) is 18.9 Å². The quantitative estimate of drug-likeness (QED) is 0.604. The van der Waals surface area contributed by atoms with Crippen LogP contribution in [0.5, 0.6) is 0 Å². The number of quaternary nitrogens is 1. The SMILES string of the molecule is CCC[NH+]1CCc2c(sc3ncn4nc(-c5ccc(F)cc5)nc4c23)C1. The van der Waals surface area contributed by atoms with E-state index in [4.69, 9.17) is 4.98 Å². The lowest BCUT2D eigenvalue weighted by Crippen LogP contribution is -3.11. The van der Waals surface area contributed by atoms with E-state index < -0.39 is 0 Å². The van der Waals surface area contributed by atoms with Crippen molar-refractivity contribution in [3.63, 3.8) is 0 Å². The highest BCUT2D eigenvalue weighted by atomic mass is 32.1. The maximum Gasteiger partial charge on any atom is 0.182 e. The van der Waals surface area contributed by atoms with Gasteiger partial charge in [0.1, 0.15) is 23.5 Å². The average molecular weight is 368 g/mol. The van der Waals surface area contributed by atoms with Gasteiger partial charge in [0.15, 0.2) is 11.5 Å². The molecule has 1 aromatic carbocycles. The number of benzene rings is 1. The maximum atomic E-state index is 13.2. The minimum Gasteiger partial charge on any atom is -0.330 e. The lowest BCUT2D eigenvalue weighted by atomic mass is 10.1. The van der Waals surface area contributed by atoms with Crippen LogP contribution in [0.1, 0.15) is 23.8 Å². The molecule has 0 fully saturated rings. The number of nitrogens with zero attached hydrogens (tertiary/aromatic N) is 4. The van der Waals surface area contributed by atoms with E-state index in [1.807, 2.05) is 0 Å². The smallest absolute Gasteiger partial charge is 0.182 e. The third kappa shape index (κ3) is 2.50. The molecule has 5 rings (SSSR count). The molecule has 26 heavy (non-hydrogen) atoms. The van der Waals surface area contributed by atoms with Crippen LogP contribution < -0.4 is 4.90 Å². The summed E-state index contributed by atoms with van der Waals surface area (Å²) in [5.41, 5.74) is 3.05. The fourth-order valence-corrected chi connectivity index (χ4v) is 5.07. The molecule has 0 bridgehead atoms. The summed E-state index contributed by atoms with van der Waals surface area (Å²) in [5.74, 6) is 0.348. The van der Waals surface area contributed by atoms with Crippen LogP contribution in [0.3, 0.4) is 0 Å². The monoisotopic (exact) mass is 368 g/mol. The Morgan fingerprint density at radius 3 is 2.92 bits per heavy atom. The molecule has 0 aliphatic carbocycles. The molecule has 7 heteroatoms. The Morgan fingerprint density at radius 2 is 2.12 bits per heavy atom. The standard InChI is InChI=1S/C19H18FN5S/c1-2-8-24-9-7-14-15(10-24)26-19-16(14)18-22-17(23-25(18)11-21-19)12-3-5-13(20)6-4-12/h3-6,11H,2,7-10H2,1H3/p+1. The lowest BCUT2D eigenvalue weighted by molar-refractivity contribution is -0.915. The topological polar surface area (TPSA) is 47.5 Å². The Hall–Kier alpha value is -2.38. The van der Waals surface area contributed by atoms with Crippen LogP contribution >= 0.6 is 11.3 Å². The largest absolute Gasteiger partial charge is 0.330 e. The number of thiophene rings is 1. The minimum atomic E-state index is -0.257. The van der Waals surface area contributed by atoms with Crippen molar-refractivity contribution >= 4 is 27.2 Å². The lowest BCUT2D eigenvalue weighted by Gasteiger charge is -2.23. The number of aromatic nitrogens is 4.